The molecule has 0 bridgehead atoms. The summed E-state index contributed by atoms with van der Waals surface area (Å²) in [5, 5.41) is 9.66. The highest BCUT2D eigenvalue weighted by molar-refractivity contribution is 5.46. The van der Waals surface area contributed by atoms with Crippen LogP contribution in [0.2, 0.25) is 0 Å². The molecule has 2 heteroatoms. The molecule has 1 fully saturated rings. The Bertz CT molecular complexity index is 421. The van der Waals surface area contributed by atoms with Gasteiger partial charge >= 0.3 is 0 Å². The molecule has 0 aromatic heterocycles. The van der Waals surface area contributed by atoms with E-state index >= 15 is 0 Å². The Morgan fingerprint density at radius 2 is 2.00 bits per heavy atom. The van der Waals surface area contributed by atoms with Gasteiger partial charge in [0.2, 0.25) is 0 Å². The van der Waals surface area contributed by atoms with E-state index in [2.05, 4.69) is 25.1 Å². The summed E-state index contributed by atoms with van der Waals surface area (Å²) in [6.45, 7) is 0. The van der Waals surface area contributed by atoms with Crippen LogP contribution >= 0.6 is 0 Å². The van der Waals surface area contributed by atoms with Crippen molar-refractivity contribution in [1.29, 1.82) is 0 Å². The molecule has 2 aliphatic carbocycles. The van der Waals surface area contributed by atoms with E-state index in [1.165, 1.54) is 36.8 Å². The number of phenolic OH excluding ortho intramolecular Hbond substituents is 1. The van der Waals surface area contributed by atoms with Crippen LogP contribution in [0.1, 0.15) is 42.9 Å². The second-order valence-corrected chi connectivity index (χ2v) is 5.57. The number of hydrogen-bond donors (Lipinski definition) is 1. The fraction of sp³-hybridized carbons (Fsp3) is 0.571. The first-order valence-corrected chi connectivity index (χ1v) is 6.12. The van der Waals surface area contributed by atoms with E-state index in [9.17, 15) is 5.11 Å². The van der Waals surface area contributed by atoms with Gasteiger partial charge in [-0.2, -0.15) is 0 Å². The van der Waals surface area contributed by atoms with E-state index in [4.69, 9.17) is 0 Å². The summed E-state index contributed by atoms with van der Waals surface area (Å²) in [6.07, 6.45) is 5.16. The number of hydrogen-bond acceptors (Lipinski definition) is 2. The Kier molecular flexibility index (Phi) is 2.05. The second kappa shape index (κ2) is 3.24. The average Bonchev–Trinajstić information content (AvgIpc) is 3.00. The zero-order chi connectivity index (χ0) is 11.3. The SMILES string of the molecule is CN(C)C1CCC2(CC2)c2cc(O)ccc21. The van der Waals surface area contributed by atoms with E-state index in [-0.39, 0.29) is 0 Å². The van der Waals surface area contributed by atoms with Crippen molar-refractivity contribution in [3.05, 3.63) is 29.3 Å². The molecule has 2 aliphatic rings. The van der Waals surface area contributed by atoms with Crippen molar-refractivity contribution in [2.24, 2.45) is 0 Å². The van der Waals surface area contributed by atoms with E-state index in [1.54, 1.807) is 0 Å². The van der Waals surface area contributed by atoms with E-state index in [0.717, 1.165) is 0 Å². The quantitative estimate of drug-likeness (QED) is 0.782. The molecule has 3 rings (SSSR count). The molecular weight excluding hydrogens is 198 g/mol. The molecule has 0 saturated heterocycles. The summed E-state index contributed by atoms with van der Waals surface area (Å²) in [4.78, 5) is 2.30. The van der Waals surface area contributed by atoms with Gasteiger partial charge < -0.3 is 10.0 Å². The van der Waals surface area contributed by atoms with Crippen LogP contribution in [-0.4, -0.2) is 24.1 Å². The Balaban J connectivity index is 2.10. The Labute approximate surface area is 96.9 Å². The molecule has 0 radical (unpaired) electrons. The molecule has 0 amide bonds. The van der Waals surface area contributed by atoms with Gasteiger partial charge in [0.05, 0.1) is 0 Å². The number of benzene rings is 1. The maximum Gasteiger partial charge on any atom is 0.115 e. The molecule has 0 heterocycles. The second-order valence-electron chi connectivity index (χ2n) is 5.57. The first-order chi connectivity index (χ1) is 7.62. The Morgan fingerprint density at radius 3 is 2.62 bits per heavy atom. The van der Waals surface area contributed by atoms with Gasteiger partial charge in [-0.1, -0.05) is 6.07 Å². The molecule has 0 aliphatic heterocycles. The van der Waals surface area contributed by atoms with E-state index in [0.29, 0.717) is 17.2 Å². The van der Waals surface area contributed by atoms with Crippen molar-refractivity contribution in [3.63, 3.8) is 0 Å². The number of nitrogens with zero attached hydrogens (tertiary/aromatic N) is 1. The first kappa shape index (κ1) is 10.2. The van der Waals surface area contributed by atoms with Gasteiger partial charge in [-0.15, -0.1) is 0 Å². The monoisotopic (exact) mass is 217 g/mol. The molecule has 86 valence electrons. The van der Waals surface area contributed by atoms with Crippen molar-refractivity contribution in [1.82, 2.24) is 4.90 Å². The highest BCUT2D eigenvalue weighted by atomic mass is 16.3. The predicted molar refractivity (Wildman–Crippen MR) is 64.7 cm³/mol. The number of phenols is 1. The maximum absolute atomic E-state index is 9.66. The standard InChI is InChI=1S/C14H19NO/c1-15(2)13-5-6-14(7-8-14)12-9-10(16)3-4-11(12)13/h3-4,9,13,16H,5-8H2,1-2H3. The minimum atomic E-state index is 0.421. The van der Waals surface area contributed by atoms with Crippen molar-refractivity contribution in [2.75, 3.05) is 14.1 Å². The molecule has 2 nitrogen and oxygen atoms in total. The summed E-state index contributed by atoms with van der Waals surface area (Å²) in [6, 6.07) is 6.48. The van der Waals surface area contributed by atoms with Gasteiger partial charge in [0.1, 0.15) is 5.75 Å². The minimum absolute atomic E-state index is 0.421. The third-order valence-corrected chi connectivity index (χ3v) is 4.34. The number of fused-ring (bicyclic) bond motifs is 2. The summed E-state index contributed by atoms with van der Waals surface area (Å²) >= 11 is 0. The highest BCUT2D eigenvalue weighted by Gasteiger charge is 2.48. The van der Waals surface area contributed by atoms with Crippen LogP contribution in [0.5, 0.6) is 5.75 Å². The number of aromatic hydroxyl groups is 1. The lowest BCUT2D eigenvalue weighted by Gasteiger charge is -2.35. The molecule has 1 saturated carbocycles. The molecular formula is C14H19NO. The molecule has 1 unspecified atom stereocenters. The largest absolute Gasteiger partial charge is 0.508 e. The molecule has 1 atom stereocenters. The lowest BCUT2D eigenvalue weighted by atomic mass is 9.77. The van der Waals surface area contributed by atoms with Crippen LogP contribution in [0.4, 0.5) is 0 Å². The topological polar surface area (TPSA) is 23.5 Å². The van der Waals surface area contributed by atoms with Gasteiger partial charge in [-0.25, -0.2) is 0 Å². The van der Waals surface area contributed by atoms with Gasteiger partial charge in [-0.05, 0) is 68.5 Å². The van der Waals surface area contributed by atoms with Crippen LogP contribution in [0.25, 0.3) is 0 Å². The van der Waals surface area contributed by atoms with Gasteiger partial charge in [-0.3, -0.25) is 0 Å². The van der Waals surface area contributed by atoms with Gasteiger partial charge in [0, 0.05) is 6.04 Å². The lowest BCUT2D eigenvalue weighted by molar-refractivity contribution is 0.253. The van der Waals surface area contributed by atoms with Crippen molar-refractivity contribution >= 4 is 0 Å². The molecule has 1 aromatic rings. The molecule has 1 N–H and O–H groups in total. The summed E-state index contributed by atoms with van der Waals surface area (Å²) in [5.74, 6) is 0.421. The fourth-order valence-corrected chi connectivity index (χ4v) is 3.20. The summed E-state index contributed by atoms with van der Waals surface area (Å²) in [7, 11) is 4.29. The van der Waals surface area contributed by atoms with Gasteiger partial charge in [0.15, 0.2) is 0 Å². The van der Waals surface area contributed by atoms with Crippen LogP contribution < -0.4 is 0 Å². The Morgan fingerprint density at radius 1 is 1.25 bits per heavy atom. The summed E-state index contributed by atoms with van der Waals surface area (Å²) < 4.78 is 0. The van der Waals surface area contributed by atoms with Crippen molar-refractivity contribution < 1.29 is 5.11 Å². The molecule has 16 heavy (non-hydrogen) atoms. The van der Waals surface area contributed by atoms with Crippen LogP contribution in [0.15, 0.2) is 18.2 Å². The lowest BCUT2D eigenvalue weighted by Crippen LogP contribution is -2.28. The Hall–Kier alpha value is -1.02. The van der Waals surface area contributed by atoms with E-state index < -0.39 is 0 Å². The smallest absolute Gasteiger partial charge is 0.115 e. The fourth-order valence-electron chi connectivity index (χ4n) is 3.20. The van der Waals surface area contributed by atoms with Crippen molar-refractivity contribution in [2.45, 2.75) is 37.1 Å². The zero-order valence-electron chi connectivity index (χ0n) is 10.0. The highest BCUT2D eigenvalue weighted by Crippen LogP contribution is 2.58. The molecule has 1 spiro atoms. The van der Waals surface area contributed by atoms with Crippen LogP contribution in [-0.2, 0) is 5.41 Å². The zero-order valence-corrected chi connectivity index (χ0v) is 10.0. The maximum atomic E-state index is 9.66. The average molecular weight is 217 g/mol. The van der Waals surface area contributed by atoms with Crippen LogP contribution in [0, 0.1) is 0 Å². The summed E-state index contributed by atoms with van der Waals surface area (Å²) in [5.41, 5.74) is 3.28. The third kappa shape index (κ3) is 1.36. The predicted octanol–water partition coefficient (Wildman–Crippen LogP) is 2.82. The van der Waals surface area contributed by atoms with Gasteiger partial charge in [0.25, 0.3) is 0 Å². The third-order valence-electron chi connectivity index (χ3n) is 4.34. The van der Waals surface area contributed by atoms with E-state index in [1.807, 2.05) is 12.1 Å². The van der Waals surface area contributed by atoms with Crippen molar-refractivity contribution in [3.8, 4) is 5.75 Å². The first-order valence-electron chi connectivity index (χ1n) is 6.12. The van der Waals surface area contributed by atoms with Crippen LogP contribution in [0.3, 0.4) is 0 Å². The molecule has 1 aromatic carbocycles. The minimum Gasteiger partial charge on any atom is -0.508 e. The number of rotatable bonds is 1. The normalized spacial score (nSPS) is 25.8.